The van der Waals surface area contributed by atoms with Crippen LogP contribution in [-0.4, -0.2) is 12.6 Å². The third kappa shape index (κ3) is 1.52. The fourth-order valence-electron chi connectivity index (χ4n) is 2.25. The number of hydrogen-bond donors (Lipinski definition) is 1. The van der Waals surface area contributed by atoms with E-state index in [1.807, 2.05) is 0 Å². The molecule has 1 heteroatoms. The molecule has 0 aromatic rings. The topological polar surface area (TPSA) is 12.0 Å². The maximum Gasteiger partial charge on any atom is 0.0119 e. The van der Waals surface area contributed by atoms with Crippen molar-refractivity contribution in [1.82, 2.24) is 5.32 Å². The van der Waals surface area contributed by atoms with Crippen LogP contribution in [0.15, 0.2) is 0 Å². The van der Waals surface area contributed by atoms with E-state index < -0.39 is 0 Å². The van der Waals surface area contributed by atoms with Gasteiger partial charge in [-0.25, -0.2) is 0 Å². The van der Waals surface area contributed by atoms with E-state index in [1.54, 1.807) is 0 Å². The summed E-state index contributed by atoms with van der Waals surface area (Å²) in [4.78, 5) is 0. The van der Waals surface area contributed by atoms with Gasteiger partial charge < -0.3 is 5.32 Å². The molecule has 0 amide bonds. The average molecular weight is 167 g/mol. The van der Waals surface area contributed by atoms with E-state index >= 15 is 0 Å². The molecule has 1 atom stereocenters. The minimum atomic E-state index is 0.587. The van der Waals surface area contributed by atoms with Gasteiger partial charge in [0.05, 0.1) is 0 Å². The van der Waals surface area contributed by atoms with Gasteiger partial charge in [-0.1, -0.05) is 20.3 Å². The molecule has 0 aromatic heterocycles. The van der Waals surface area contributed by atoms with Crippen molar-refractivity contribution < 1.29 is 0 Å². The lowest BCUT2D eigenvalue weighted by Crippen LogP contribution is -2.51. The minimum Gasteiger partial charge on any atom is -0.313 e. The normalized spacial score (nSPS) is 34.0. The molecule has 0 aromatic carbocycles. The monoisotopic (exact) mass is 167 g/mol. The van der Waals surface area contributed by atoms with Gasteiger partial charge in [0.2, 0.25) is 0 Å². The third-order valence-corrected chi connectivity index (χ3v) is 3.90. The SMILES string of the molecule is CC1(C)CCC1NCC1CCC1. The Bertz CT molecular complexity index is 158. The van der Waals surface area contributed by atoms with Crippen LogP contribution in [0.3, 0.4) is 0 Å². The van der Waals surface area contributed by atoms with Crippen LogP contribution < -0.4 is 5.32 Å². The Morgan fingerprint density at radius 2 is 2.00 bits per heavy atom. The summed E-state index contributed by atoms with van der Waals surface area (Å²) in [6.45, 7) is 6.05. The molecule has 2 aliphatic rings. The van der Waals surface area contributed by atoms with Crippen molar-refractivity contribution in [3.05, 3.63) is 0 Å². The Kier molecular flexibility index (Phi) is 2.16. The van der Waals surface area contributed by atoms with Gasteiger partial charge in [0.15, 0.2) is 0 Å². The highest BCUT2D eigenvalue weighted by molar-refractivity contribution is 4.94. The standard InChI is InChI=1S/C11H21N/c1-11(2)7-6-10(11)12-8-9-4-3-5-9/h9-10,12H,3-8H2,1-2H3. The number of rotatable bonds is 3. The van der Waals surface area contributed by atoms with Crippen LogP contribution in [0.4, 0.5) is 0 Å². The lowest BCUT2D eigenvalue weighted by molar-refractivity contribution is 0.0993. The summed E-state index contributed by atoms with van der Waals surface area (Å²) in [6, 6.07) is 0.818. The predicted molar refractivity (Wildman–Crippen MR) is 52.1 cm³/mol. The van der Waals surface area contributed by atoms with Gasteiger partial charge in [-0.2, -0.15) is 0 Å². The molecule has 1 N–H and O–H groups in total. The molecule has 1 nitrogen and oxygen atoms in total. The first-order valence-corrected chi connectivity index (χ1v) is 5.42. The first-order valence-electron chi connectivity index (χ1n) is 5.42. The predicted octanol–water partition coefficient (Wildman–Crippen LogP) is 2.56. The highest BCUT2D eigenvalue weighted by atomic mass is 15.0. The van der Waals surface area contributed by atoms with Crippen LogP contribution in [0, 0.1) is 11.3 Å². The van der Waals surface area contributed by atoms with E-state index in [0.29, 0.717) is 5.41 Å². The highest BCUT2D eigenvalue weighted by Gasteiger charge is 2.38. The van der Waals surface area contributed by atoms with Gasteiger partial charge >= 0.3 is 0 Å². The highest BCUT2D eigenvalue weighted by Crippen LogP contribution is 2.40. The van der Waals surface area contributed by atoms with Crippen LogP contribution in [0.5, 0.6) is 0 Å². The maximum atomic E-state index is 3.71. The van der Waals surface area contributed by atoms with Crippen LogP contribution in [0.2, 0.25) is 0 Å². The van der Waals surface area contributed by atoms with Crippen LogP contribution >= 0.6 is 0 Å². The summed E-state index contributed by atoms with van der Waals surface area (Å²) >= 11 is 0. The van der Waals surface area contributed by atoms with Crippen molar-refractivity contribution in [2.24, 2.45) is 11.3 Å². The maximum absolute atomic E-state index is 3.71. The third-order valence-electron chi connectivity index (χ3n) is 3.90. The summed E-state index contributed by atoms with van der Waals surface area (Å²) in [7, 11) is 0. The van der Waals surface area contributed by atoms with E-state index in [1.165, 1.54) is 38.6 Å². The van der Waals surface area contributed by atoms with Crippen molar-refractivity contribution in [1.29, 1.82) is 0 Å². The molecule has 2 aliphatic carbocycles. The van der Waals surface area contributed by atoms with Crippen molar-refractivity contribution in [2.75, 3.05) is 6.54 Å². The molecule has 0 heterocycles. The Morgan fingerprint density at radius 1 is 1.25 bits per heavy atom. The van der Waals surface area contributed by atoms with Gasteiger partial charge in [0.25, 0.3) is 0 Å². The molecule has 0 radical (unpaired) electrons. The smallest absolute Gasteiger partial charge is 0.0119 e. The number of nitrogens with one attached hydrogen (secondary N) is 1. The van der Waals surface area contributed by atoms with Crippen molar-refractivity contribution in [3.63, 3.8) is 0 Å². The lowest BCUT2D eigenvalue weighted by Gasteiger charge is -2.46. The van der Waals surface area contributed by atoms with Gasteiger partial charge in [0.1, 0.15) is 0 Å². The minimum absolute atomic E-state index is 0.587. The molecular weight excluding hydrogens is 146 g/mol. The van der Waals surface area contributed by atoms with E-state index in [-0.39, 0.29) is 0 Å². The van der Waals surface area contributed by atoms with Crippen LogP contribution in [0.1, 0.15) is 46.0 Å². The molecule has 70 valence electrons. The van der Waals surface area contributed by atoms with Crippen LogP contribution in [-0.2, 0) is 0 Å². The molecule has 12 heavy (non-hydrogen) atoms. The molecule has 0 saturated heterocycles. The van der Waals surface area contributed by atoms with Crippen molar-refractivity contribution in [3.8, 4) is 0 Å². The van der Waals surface area contributed by atoms with Gasteiger partial charge in [-0.05, 0) is 43.6 Å². The quantitative estimate of drug-likeness (QED) is 0.681. The largest absolute Gasteiger partial charge is 0.313 e. The molecule has 2 saturated carbocycles. The zero-order chi connectivity index (χ0) is 8.60. The van der Waals surface area contributed by atoms with Crippen LogP contribution in [0.25, 0.3) is 0 Å². The van der Waals surface area contributed by atoms with Crippen molar-refractivity contribution in [2.45, 2.75) is 52.0 Å². The molecule has 0 spiro atoms. The summed E-state index contributed by atoms with van der Waals surface area (Å²) in [5, 5.41) is 3.71. The second-order valence-electron chi connectivity index (χ2n) is 5.29. The summed E-state index contributed by atoms with van der Waals surface area (Å²) in [5.74, 6) is 1.02. The zero-order valence-electron chi connectivity index (χ0n) is 8.40. The molecule has 2 rings (SSSR count). The van der Waals surface area contributed by atoms with E-state index in [4.69, 9.17) is 0 Å². The molecule has 0 bridgehead atoms. The summed E-state index contributed by atoms with van der Waals surface area (Å²) in [5.41, 5.74) is 0.587. The second-order valence-corrected chi connectivity index (χ2v) is 5.29. The Balaban J connectivity index is 1.66. The fraction of sp³-hybridized carbons (Fsp3) is 1.00. The van der Waals surface area contributed by atoms with E-state index in [9.17, 15) is 0 Å². The summed E-state index contributed by atoms with van der Waals surface area (Å²) in [6.07, 6.45) is 7.23. The second kappa shape index (κ2) is 3.02. The Labute approximate surface area is 75.9 Å². The number of hydrogen-bond acceptors (Lipinski definition) is 1. The lowest BCUT2D eigenvalue weighted by atomic mass is 9.67. The Hall–Kier alpha value is -0.0400. The average Bonchev–Trinajstić information content (AvgIpc) is 1.92. The zero-order valence-corrected chi connectivity index (χ0v) is 8.40. The first-order chi connectivity index (χ1) is 5.68. The molecular formula is C11H21N. The van der Waals surface area contributed by atoms with E-state index in [0.717, 1.165) is 12.0 Å². The van der Waals surface area contributed by atoms with Gasteiger partial charge in [0, 0.05) is 6.04 Å². The fourth-order valence-corrected chi connectivity index (χ4v) is 2.25. The van der Waals surface area contributed by atoms with Gasteiger partial charge in [-0.15, -0.1) is 0 Å². The first kappa shape index (κ1) is 8.55. The summed E-state index contributed by atoms with van der Waals surface area (Å²) < 4.78 is 0. The van der Waals surface area contributed by atoms with Gasteiger partial charge in [-0.3, -0.25) is 0 Å². The van der Waals surface area contributed by atoms with E-state index in [2.05, 4.69) is 19.2 Å². The molecule has 0 aliphatic heterocycles. The molecule has 2 fully saturated rings. The Morgan fingerprint density at radius 3 is 2.33 bits per heavy atom. The molecule has 1 unspecified atom stereocenters. The van der Waals surface area contributed by atoms with Crippen molar-refractivity contribution >= 4 is 0 Å².